The van der Waals surface area contributed by atoms with Crippen LogP contribution in [0.3, 0.4) is 0 Å². The van der Waals surface area contributed by atoms with Gasteiger partial charge in [-0.25, -0.2) is 13.2 Å². The highest BCUT2D eigenvalue weighted by Crippen LogP contribution is 2.24. The number of halogens is 1. The predicted octanol–water partition coefficient (Wildman–Crippen LogP) is 2.74. The minimum Gasteiger partial charge on any atom is -0.351 e. The molecular weight excluding hydrogens is 358 g/mol. The molecule has 4 N–H and O–H groups in total. The Hall–Kier alpha value is -2.06. The molecule has 0 fully saturated rings. The molecule has 0 bridgehead atoms. The van der Waals surface area contributed by atoms with E-state index in [0.717, 1.165) is 0 Å². The van der Waals surface area contributed by atoms with Crippen molar-refractivity contribution in [3.63, 3.8) is 0 Å². The molecule has 0 aliphatic heterocycles. The van der Waals surface area contributed by atoms with Crippen LogP contribution in [0.25, 0.3) is 0 Å². The second-order valence-corrected chi connectivity index (χ2v) is 6.61. The summed E-state index contributed by atoms with van der Waals surface area (Å²) in [6.45, 7) is 0. The lowest BCUT2D eigenvalue weighted by molar-refractivity contribution is 0.259. The van der Waals surface area contributed by atoms with Crippen LogP contribution in [-0.4, -0.2) is 14.4 Å². The molecule has 2 aromatic carbocycles. The average molecular weight is 370 g/mol. The average Bonchev–Trinajstić information content (AvgIpc) is 2.38. The number of hydrogen-bond acceptors (Lipinski definition) is 3. The summed E-state index contributed by atoms with van der Waals surface area (Å²) in [6.07, 6.45) is 0. The normalized spacial score (nSPS) is 10.9. The Kier molecular flexibility index (Phi) is 4.49. The monoisotopic (exact) mass is 369 g/mol. The first-order valence-corrected chi connectivity index (χ1v) is 8.10. The van der Waals surface area contributed by atoms with E-state index >= 15 is 0 Å². The van der Waals surface area contributed by atoms with Crippen molar-refractivity contribution in [2.75, 3.05) is 10.0 Å². The van der Waals surface area contributed by atoms with E-state index in [1.807, 2.05) is 0 Å². The standard InChI is InChI=1S/C13H12BrN3O3S/c14-11-6-1-2-7-12(11)21(19,20)17-10-5-3-4-9(8-10)16-13(15)18/h1-8,17H,(H3,15,16,18). The number of nitrogens with one attached hydrogen (secondary N) is 2. The van der Waals surface area contributed by atoms with E-state index in [4.69, 9.17) is 5.73 Å². The first-order chi connectivity index (χ1) is 9.88. The zero-order valence-electron chi connectivity index (χ0n) is 10.7. The Bertz CT molecular complexity index is 778. The molecule has 2 amide bonds. The maximum absolute atomic E-state index is 12.3. The van der Waals surface area contributed by atoms with E-state index in [1.54, 1.807) is 36.4 Å². The van der Waals surface area contributed by atoms with E-state index in [2.05, 4.69) is 26.0 Å². The Labute approximate surface area is 130 Å². The van der Waals surface area contributed by atoms with E-state index in [1.165, 1.54) is 12.1 Å². The summed E-state index contributed by atoms with van der Waals surface area (Å²) in [7, 11) is -3.73. The highest BCUT2D eigenvalue weighted by atomic mass is 79.9. The van der Waals surface area contributed by atoms with Gasteiger partial charge in [0.2, 0.25) is 0 Å². The maximum atomic E-state index is 12.3. The quantitative estimate of drug-likeness (QED) is 0.771. The van der Waals surface area contributed by atoms with E-state index in [9.17, 15) is 13.2 Å². The molecule has 8 heteroatoms. The predicted molar refractivity (Wildman–Crippen MR) is 84.6 cm³/mol. The third-order valence-electron chi connectivity index (χ3n) is 2.51. The number of sulfonamides is 1. The summed E-state index contributed by atoms with van der Waals surface area (Å²) in [5.41, 5.74) is 5.73. The Balaban J connectivity index is 2.29. The number of benzene rings is 2. The smallest absolute Gasteiger partial charge is 0.316 e. The SMILES string of the molecule is NC(=O)Nc1cccc(NS(=O)(=O)c2ccccc2Br)c1. The number of primary amides is 1. The van der Waals surface area contributed by atoms with Crippen LogP contribution in [0.15, 0.2) is 57.9 Å². The van der Waals surface area contributed by atoms with Crippen molar-refractivity contribution in [1.29, 1.82) is 0 Å². The molecule has 0 spiro atoms. The fourth-order valence-corrected chi connectivity index (χ4v) is 3.73. The van der Waals surface area contributed by atoms with Gasteiger partial charge in [0.1, 0.15) is 4.90 Å². The molecule has 0 unspecified atom stereocenters. The van der Waals surface area contributed by atoms with Crippen molar-refractivity contribution in [3.8, 4) is 0 Å². The topological polar surface area (TPSA) is 101 Å². The fraction of sp³-hybridized carbons (Fsp3) is 0. The molecule has 0 radical (unpaired) electrons. The van der Waals surface area contributed by atoms with E-state index < -0.39 is 16.1 Å². The molecule has 110 valence electrons. The number of hydrogen-bond donors (Lipinski definition) is 3. The zero-order valence-corrected chi connectivity index (χ0v) is 13.1. The molecule has 2 aromatic rings. The molecule has 0 heterocycles. The zero-order chi connectivity index (χ0) is 15.5. The molecule has 0 saturated heterocycles. The molecule has 6 nitrogen and oxygen atoms in total. The van der Waals surface area contributed by atoms with Crippen molar-refractivity contribution in [3.05, 3.63) is 53.0 Å². The first kappa shape index (κ1) is 15.3. The number of nitrogens with two attached hydrogens (primary N) is 1. The molecular formula is C13H12BrN3O3S. The van der Waals surface area contributed by atoms with E-state index in [0.29, 0.717) is 15.8 Å². The summed E-state index contributed by atoms with van der Waals surface area (Å²) >= 11 is 3.20. The molecule has 0 saturated carbocycles. The van der Waals surface area contributed by atoms with Crippen molar-refractivity contribution >= 4 is 43.4 Å². The van der Waals surface area contributed by atoms with Crippen LogP contribution in [0.1, 0.15) is 0 Å². The number of amides is 2. The Morgan fingerprint density at radius 1 is 1.05 bits per heavy atom. The fourth-order valence-electron chi connectivity index (χ4n) is 1.68. The van der Waals surface area contributed by atoms with Gasteiger partial charge >= 0.3 is 6.03 Å². The highest BCUT2D eigenvalue weighted by molar-refractivity contribution is 9.10. The van der Waals surface area contributed by atoms with Gasteiger partial charge < -0.3 is 11.1 Å². The van der Waals surface area contributed by atoms with Crippen LogP contribution in [0.5, 0.6) is 0 Å². The lowest BCUT2D eigenvalue weighted by Crippen LogP contribution is -2.19. The third kappa shape index (κ3) is 3.96. The van der Waals surface area contributed by atoms with E-state index in [-0.39, 0.29) is 4.90 Å². The Morgan fingerprint density at radius 2 is 1.71 bits per heavy atom. The van der Waals surface area contributed by atoms with Gasteiger partial charge in [0.25, 0.3) is 10.0 Å². The second kappa shape index (κ2) is 6.15. The van der Waals surface area contributed by atoms with Crippen molar-refractivity contribution in [2.45, 2.75) is 4.90 Å². The minimum atomic E-state index is -3.73. The lowest BCUT2D eigenvalue weighted by Gasteiger charge is -2.10. The summed E-state index contributed by atoms with van der Waals surface area (Å²) < 4.78 is 27.5. The maximum Gasteiger partial charge on any atom is 0.316 e. The lowest BCUT2D eigenvalue weighted by atomic mass is 10.3. The number of anilines is 2. The van der Waals surface area contributed by atoms with Crippen LogP contribution >= 0.6 is 15.9 Å². The number of carbonyl (C=O) groups is 1. The van der Waals surface area contributed by atoms with Crippen LogP contribution in [0, 0.1) is 0 Å². The number of carbonyl (C=O) groups excluding carboxylic acids is 1. The van der Waals surface area contributed by atoms with Crippen LogP contribution in [-0.2, 0) is 10.0 Å². The largest absolute Gasteiger partial charge is 0.351 e. The summed E-state index contributed by atoms with van der Waals surface area (Å²) in [4.78, 5) is 10.9. The molecule has 0 aromatic heterocycles. The summed E-state index contributed by atoms with van der Waals surface area (Å²) in [6, 6.07) is 12.0. The third-order valence-corrected chi connectivity index (χ3v) is 4.90. The summed E-state index contributed by atoms with van der Waals surface area (Å²) in [5, 5.41) is 2.38. The minimum absolute atomic E-state index is 0.123. The number of rotatable bonds is 4. The molecule has 0 atom stereocenters. The van der Waals surface area contributed by atoms with Gasteiger partial charge in [0.15, 0.2) is 0 Å². The van der Waals surface area contributed by atoms with Crippen LogP contribution < -0.4 is 15.8 Å². The van der Waals surface area contributed by atoms with Crippen molar-refractivity contribution < 1.29 is 13.2 Å². The van der Waals surface area contributed by atoms with Crippen LogP contribution in [0.2, 0.25) is 0 Å². The number of urea groups is 1. The van der Waals surface area contributed by atoms with Crippen LogP contribution in [0.4, 0.5) is 16.2 Å². The molecule has 21 heavy (non-hydrogen) atoms. The van der Waals surface area contributed by atoms with Gasteiger partial charge in [-0.1, -0.05) is 18.2 Å². The van der Waals surface area contributed by atoms with Gasteiger partial charge in [-0.05, 0) is 46.3 Å². The van der Waals surface area contributed by atoms with Gasteiger partial charge in [-0.3, -0.25) is 4.72 Å². The highest BCUT2D eigenvalue weighted by Gasteiger charge is 2.17. The Morgan fingerprint density at radius 3 is 2.38 bits per heavy atom. The van der Waals surface area contributed by atoms with Gasteiger partial charge in [-0.2, -0.15) is 0 Å². The molecule has 0 aliphatic rings. The summed E-state index contributed by atoms with van der Waals surface area (Å²) in [5.74, 6) is 0. The van der Waals surface area contributed by atoms with Gasteiger partial charge in [0.05, 0.1) is 5.69 Å². The molecule has 2 rings (SSSR count). The van der Waals surface area contributed by atoms with Crippen molar-refractivity contribution in [1.82, 2.24) is 0 Å². The van der Waals surface area contributed by atoms with Gasteiger partial charge in [0, 0.05) is 10.2 Å². The van der Waals surface area contributed by atoms with Gasteiger partial charge in [-0.15, -0.1) is 0 Å². The molecule has 0 aliphatic carbocycles. The van der Waals surface area contributed by atoms with Crippen molar-refractivity contribution in [2.24, 2.45) is 5.73 Å². The first-order valence-electron chi connectivity index (χ1n) is 5.82. The second-order valence-electron chi connectivity index (χ2n) is 4.11.